The quantitative estimate of drug-likeness (QED) is 0.686. The highest BCUT2D eigenvalue weighted by atomic mass is 35.5. The summed E-state index contributed by atoms with van der Waals surface area (Å²) in [6, 6.07) is 3.20. The zero-order valence-electron chi connectivity index (χ0n) is 11.7. The monoisotopic (exact) mass is 308 g/mol. The smallest absolute Gasteiger partial charge is 0.310 e. The molecule has 0 unspecified atom stereocenters. The molecule has 1 N–H and O–H groups in total. The Morgan fingerprint density at radius 2 is 2.24 bits per heavy atom. The van der Waals surface area contributed by atoms with Gasteiger partial charge in [-0.25, -0.2) is 4.98 Å². The summed E-state index contributed by atoms with van der Waals surface area (Å²) in [4.78, 5) is 27.8. The third-order valence-corrected chi connectivity index (χ3v) is 3.47. The number of amides is 1. The van der Waals surface area contributed by atoms with Gasteiger partial charge in [-0.05, 0) is 38.3 Å². The number of aromatic nitrogens is 1. The number of pyridine rings is 1. The van der Waals surface area contributed by atoms with E-state index in [1.807, 2.05) is 12.2 Å². The van der Waals surface area contributed by atoms with E-state index in [-0.39, 0.29) is 11.9 Å². The van der Waals surface area contributed by atoms with Gasteiger partial charge in [-0.3, -0.25) is 9.59 Å². The predicted molar refractivity (Wildman–Crippen MR) is 79.9 cm³/mol. The first-order chi connectivity index (χ1) is 10.1. The molecule has 1 aromatic rings. The standard InChI is InChI=1S/C15H17ClN2O3/c1-10(21-15(20)11-5-3-2-4-6-11)14(19)18-13-8-7-12(16)9-17-13/h2-3,7-11H,4-6H2,1H3,(H,17,18,19)/t10-,11+/m0/s1. The second-order valence-electron chi connectivity index (χ2n) is 4.91. The lowest BCUT2D eigenvalue weighted by Crippen LogP contribution is -2.32. The van der Waals surface area contributed by atoms with E-state index in [1.165, 1.54) is 6.20 Å². The Hall–Kier alpha value is -1.88. The van der Waals surface area contributed by atoms with Crippen LogP contribution in [0.3, 0.4) is 0 Å². The van der Waals surface area contributed by atoms with E-state index in [9.17, 15) is 9.59 Å². The second kappa shape index (κ2) is 7.22. The number of nitrogens with zero attached hydrogens (tertiary/aromatic N) is 1. The van der Waals surface area contributed by atoms with Crippen LogP contribution in [0.4, 0.5) is 5.82 Å². The number of hydrogen-bond donors (Lipinski definition) is 1. The third kappa shape index (κ3) is 4.56. The molecule has 0 aromatic carbocycles. The number of esters is 1. The number of ether oxygens (including phenoxy) is 1. The fourth-order valence-electron chi connectivity index (χ4n) is 2.01. The molecule has 0 saturated heterocycles. The number of carbonyl (C=O) groups excluding carboxylic acids is 2. The van der Waals surface area contributed by atoms with Crippen molar-refractivity contribution in [2.45, 2.75) is 32.3 Å². The molecule has 0 bridgehead atoms. The van der Waals surface area contributed by atoms with Crippen molar-refractivity contribution in [2.75, 3.05) is 5.32 Å². The number of halogens is 1. The Balaban J connectivity index is 1.85. The molecule has 5 nitrogen and oxygen atoms in total. The van der Waals surface area contributed by atoms with Gasteiger partial charge in [0.2, 0.25) is 0 Å². The average Bonchev–Trinajstić information content (AvgIpc) is 2.50. The zero-order chi connectivity index (χ0) is 15.2. The van der Waals surface area contributed by atoms with Gasteiger partial charge in [-0.1, -0.05) is 23.8 Å². The molecular weight excluding hydrogens is 292 g/mol. The van der Waals surface area contributed by atoms with Gasteiger partial charge in [-0.15, -0.1) is 0 Å². The molecule has 2 atom stereocenters. The van der Waals surface area contributed by atoms with Gasteiger partial charge in [0.25, 0.3) is 5.91 Å². The minimum Gasteiger partial charge on any atom is -0.452 e. The molecule has 2 rings (SSSR count). The minimum absolute atomic E-state index is 0.154. The van der Waals surface area contributed by atoms with Crippen molar-refractivity contribution in [2.24, 2.45) is 5.92 Å². The van der Waals surface area contributed by atoms with Crippen molar-refractivity contribution in [1.82, 2.24) is 4.98 Å². The predicted octanol–water partition coefficient (Wildman–Crippen LogP) is 2.96. The molecule has 0 fully saturated rings. The number of anilines is 1. The van der Waals surface area contributed by atoms with Crippen LogP contribution in [0.25, 0.3) is 0 Å². The Bertz CT molecular complexity index is 542. The van der Waals surface area contributed by atoms with Crippen molar-refractivity contribution in [1.29, 1.82) is 0 Å². The van der Waals surface area contributed by atoms with Crippen LogP contribution < -0.4 is 5.32 Å². The van der Waals surface area contributed by atoms with E-state index in [0.29, 0.717) is 17.3 Å². The van der Waals surface area contributed by atoms with Crippen molar-refractivity contribution in [3.63, 3.8) is 0 Å². The molecule has 0 radical (unpaired) electrons. The normalized spacial score (nSPS) is 18.9. The van der Waals surface area contributed by atoms with Crippen LogP contribution in [-0.4, -0.2) is 23.0 Å². The van der Waals surface area contributed by atoms with Gasteiger partial charge in [0.15, 0.2) is 6.10 Å². The summed E-state index contributed by atoms with van der Waals surface area (Å²) in [7, 11) is 0. The molecular formula is C15H17ClN2O3. The van der Waals surface area contributed by atoms with Crippen LogP contribution in [0.5, 0.6) is 0 Å². The SMILES string of the molecule is C[C@H](OC(=O)[C@@H]1CC=CCC1)C(=O)Nc1ccc(Cl)cn1. The van der Waals surface area contributed by atoms with Crippen LogP contribution in [0.15, 0.2) is 30.5 Å². The van der Waals surface area contributed by atoms with Crippen molar-refractivity contribution in [3.05, 3.63) is 35.5 Å². The van der Waals surface area contributed by atoms with Gasteiger partial charge in [0.05, 0.1) is 10.9 Å². The average molecular weight is 309 g/mol. The summed E-state index contributed by atoms with van der Waals surface area (Å²) in [5, 5.41) is 3.06. The van der Waals surface area contributed by atoms with E-state index in [0.717, 1.165) is 12.8 Å². The minimum atomic E-state index is -0.860. The maximum atomic E-state index is 11.9. The fourth-order valence-corrected chi connectivity index (χ4v) is 2.12. The summed E-state index contributed by atoms with van der Waals surface area (Å²) in [5.74, 6) is -0.526. The molecule has 1 aliphatic rings. The topological polar surface area (TPSA) is 68.3 Å². The van der Waals surface area contributed by atoms with E-state index < -0.39 is 12.0 Å². The fraction of sp³-hybridized carbons (Fsp3) is 0.400. The van der Waals surface area contributed by atoms with Crippen molar-refractivity contribution in [3.8, 4) is 0 Å². The van der Waals surface area contributed by atoms with Gasteiger partial charge in [-0.2, -0.15) is 0 Å². The first-order valence-electron chi connectivity index (χ1n) is 6.84. The lowest BCUT2D eigenvalue weighted by atomic mass is 9.95. The van der Waals surface area contributed by atoms with Gasteiger partial charge < -0.3 is 10.1 Å². The van der Waals surface area contributed by atoms with Gasteiger partial charge in [0.1, 0.15) is 5.82 Å². The first kappa shape index (κ1) is 15.5. The number of rotatable bonds is 4. The maximum absolute atomic E-state index is 11.9. The van der Waals surface area contributed by atoms with Crippen LogP contribution in [0, 0.1) is 5.92 Å². The molecule has 21 heavy (non-hydrogen) atoms. The molecule has 0 aliphatic heterocycles. The van der Waals surface area contributed by atoms with Crippen LogP contribution in [0.2, 0.25) is 5.02 Å². The van der Waals surface area contributed by atoms with E-state index in [2.05, 4.69) is 10.3 Å². The van der Waals surface area contributed by atoms with E-state index in [4.69, 9.17) is 16.3 Å². The number of nitrogens with one attached hydrogen (secondary N) is 1. The van der Waals surface area contributed by atoms with Crippen LogP contribution >= 0.6 is 11.6 Å². The lowest BCUT2D eigenvalue weighted by Gasteiger charge is -2.19. The number of carbonyl (C=O) groups is 2. The Kier molecular flexibility index (Phi) is 5.33. The molecule has 0 saturated carbocycles. The van der Waals surface area contributed by atoms with Crippen LogP contribution in [-0.2, 0) is 14.3 Å². The number of allylic oxidation sites excluding steroid dienone is 2. The van der Waals surface area contributed by atoms with Crippen molar-refractivity contribution < 1.29 is 14.3 Å². The second-order valence-corrected chi connectivity index (χ2v) is 5.35. The molecule has 1 heterocycles. The number of hydrogen-bond acceptors (Lipinski definition) is 4. The first-order valence-corrected chi connectivity index (χ1v) is 7.22. The zero-order valence-corrected chi connectivity index (χ0v) is 12.5. The molecule has 1 aromatic heterocycles. The van der Waals surface area contributed by atoms with E-state index >= 15 is 0 Å². The highest BCUT2D eigenvalue weighted by molar-refractivity contribution is 6.30. The summed E-state index contributed by atoms with van der Waals surface area (Å²) in [6.07, 6.45) is 6.90. The third-order valence-electron chi connectivity index (χ3n) is 3.24. The Labute approximate surface area is 128 Å². The molecule has 0 spiro atoms. The van der Waals surface area contributed by atoms with Crippen LogP contribution in [0.1, 0.15) is 26.2 Å². The Morgan fingerprint density at radius 3 is 2.86 bits per heavy atom. The van der Waals surface area contributed by atoms with E-state index in [1.54, 1.807) is 19.1 Å². The summed E-state index contributed by atoms with van der Waals surface area (Å²) in [5.41, 5.74) is 0. The van der Waals surface area contributed by atoms with Crippen molar-refractivity contribution >= 4 is 29.3 Å². The summed E-state index contributed by atoms with van der Waals surface area (Å²) >= 11 is 5.72. The molecule has 6 heteroatoms. The molecule has 112 valence electrons. The highest BCUT2D eigenvalue weighted by Gasteiger charge is 2.25. The summed E-state index contributed by atoms with van der Waals surface area (Å²) < 4.78 is 5.21. The van der Waals surface area contributed by atoms with Gasteiger partial charge in [0, 0.05) is 6.20 Å². The lowest BCUT2D eigenvalue weighted by molar-refractivity contribution is -0.157. The summed E-state index contributed by atoms with van der Waals surface area (Å²) in [6.45, 7) is 1.54. The molecule has 1 amide bonds. The van der Waals surface area contributed by atoms with Gasteiger partial charge >= 0.3 is 5.97 Å². The largest absolute Gasteiger partial charge is 0.452 e. The molecule has 1 aliphatic carbocycles. The highest BCUT2D eigenvalue weighted by Crippen LogP contribution is 2.20. The Morgan fingerprint density at radius 1 is 1.43 bits per heavy atom. The maximum Gasteiger partial charge on any atom is 0.310 e.